The minimum Gasteiger partial charge on any atom is -0.379 e. The van der Waals surface area contributed by atoms with Crippen LogP contribution in [0.15, 0.2) is 52.4 Å². The van der Waals surface area contributed by atoms with Crippen molar-refractivity contribution < 1.29 is 4.79 Å². The standard InChI is InChI=1S/C20H20ClN5O3/c1-20(2,11-25-19(29)12-4-3-5-13(21)8-12)10-24-15-16(18(28)17(15)27)26-14-9-22-6-7-23-14/h3-9,24H,10-11H2,1-2H3,(H,23,26)(H,25,29). The van der Waals surface area contributed by atoms with E-state index < -0.39 is 16.3 Å². The number of anilines is 3. The van der Waals surface area contributed by atoms with Crippen LogP contribution in [0, 0.1) is 5.41 Å². The van der Waals surface area contributed by atoms with Gasteiger partial charge in [0.05, 0.1) is 6.20 Å². The summed E-state index contributed by atoms with van der Waals surface area (Å²) in [5, 5.41) is 9.17. The van der Waals surface area contributed by atoms with Gasteiger partial charge in [-0.1, -0.05) is 31.5 Å². The lowest BCUT2D eigenvalue weighted by Gasteiger charge is -2.27. The molecule has 0 aliphatic heterocycles. The number of carbonyl (C=O) groups excluding carboxylic acids is 1. The third-order valence-corrected chi connectivity index (χ3v) is 4.52. The molecular formula is C20H20ClN5O3. The summed E-state index contributed by atoms with van der Waals surface area (Å²) in [6, 6.07) is 6.68. The van der Waals surface area contributed by atoms with Crippen molar-refractivity contribution in [3.8, 4) is 0 Å². The van der Waals surface area contributed by atoms with Crippen LogP contribution in [0.2, 0.25) is 5.02 Å². The lowest BCUT2D eigenvalue weighted by atomic mass is 9.93. The first-order chi connectivity index (χ1) is 13.8. The molecule has 0 aliphatic rings. The molecule has 0 saturated carbocycles. The van der Waals surface area contributed by atoms with Crippen LogP contribution in [-0.4, -0.2) is 29.0 Å². The van der Waals surface area contributed by atoms with E-state index in [0.717, 1.165) is 0 Å². The molecule has 3 N–H and O–H groups in total. The van der Waals surface area contributed by atoms with Gasteiger partial charge in [0.15, 0.2) is 0 Å². The summed E-state index contributed by atoms with van der Waals surface area (Å²) < 4.78 is 0. The van der Waals surface area contributed by atoms with E-state index in [9.17, 15) is 14.4 Å². The number of aromatic nitrogens is 2. The lowest BCUT2D eigenvalue weighted by molar-refractivity contribution is 0.0938. The van der Waals surface area contributed by atoms with Crippen LogP contribution in [0.3, 0.4) is 0 Å². The van der Waals surface area contributed by atoms with Crippen molar-refractivity contribution in [1.82, 2.24) is 15.3 Å². The van der Waals surface area contributed by atoms with Crippen molar-refractivity contribution in [1.29, 1.82) is 0 Å². The average Bonchev–Trinajstić information content (AvgIpc) is 2.71. The Hall–Kier alpha value is -3.26. The fourth-order valence-corrected chi connectivity index (χ4v) is 2.80. The van der Waals surface area contributed by atoms with E-state index in [4.69, 9.17) is 11.6 Å². The largest absolute Gasteiger partial charge is 0.379 e. The highest BCUT2D eigenvalue weighted by Crippen LogP contribution is 2.21. The smallest absolute Gasteiger partial charge is 0.253 e. The topological polar surface area (TPSA) is 113 Å². The number of halogens is 1. The number of carbonyl (C=O) groups is 1. The molecule has 9 heteroatoms. The Kier molecular flexibility index (Phi) is 5.93. The molecule has 0 spiro atoms. The number of amides is 1. The van der Waals surface area contributed by atoms with E-state index in [2.05, 4.69) is 25.9 Å². The van der Waals surface area contributed by atoms with Gasteiger partial charge in [0.1, 0.15) is 17.2 Å². The zero-order chi connectivity index (χ0) is 21.0. The second-order valence-electron chi connectivity index (χ2n) is 7.33. The Bertz CT molecular complexity index is 1090. The van der Waals surface area contributed by atoms with Gasteiger partial charge in [0, 0.05) is 36.1 Å². The molecule has 2 aromatic carbocycles. The van der Waals surface area contributed by atoms with E-state index in [1.807, 2.05) is 13.8 Å². The average molecular weight is 414 g/mol. The molecule has 3 aromatic rings. The summed E-state index contributed by atoms with van der Waals surface area (Å²) in [5.74, 6) is 0.135. The molecule has 1 heterocycles. The van der Waals surface area contributed by atoms with Gasteiger partial charge in [0.2, 0.25) is 0 Å². The van der Waals surface area contributed by atoms with Gasteiger partial charge in [-0.25, -0.2) is 4.98 Å². The Morgan fingerprint density at radius 1 is 1.10 bits per heavy atom. The molecular weight excluding hydrogens is 394 g/mol. The van der Waals surface area contributed by atoms with Crippen LogP contribution in [0.5, 0.6) is 0 Å². The maximum Gasteiger partial charge on any atom is 0.253 e. The summed E-state index contributed by atoms with van der Waals surface area (Å²) >= 11 is 5.91. The minimum atomic E-state index is -0.606. The van der Waals surface area contributed by atoms with Crippen LogP contribution in [0.1, 0.15) is 24.2 Å². The molecule has 150 valence electrons. The van der Waals surface area contributed by atoms with Crippen molar-refractivity contribution in [3.05, 3.63) is 73.9 Å². The molecule has 0 bridgehead atoms. The maximum atomic E-state index is 12.3. The molecule has 8 nitrogen and oxygen atoms in total. The molecule has 1 amide bonds. The summed E-state index contributed by atoms with van der Waals surface area (Å²) in [5.41, 5.74) is -0.749. The van der Waals surface area contributed by atoms with Crippen LogP contribution in [0.25, 0.3) is 0 Å². The molecule has 0 aliphatic carbocycles. The Morgan fingerprint density at radius 3 is 2.55 bits per heavy atom. The number of hydrogen-bond donors (Lipinski definition) is 3. The SMILES string of the molecule is CC(C)(CNC(=O)c1cccc(Cl)c1)CNc1c(Nc2cnccn2)c(=O)c1=O. The van der Waals surface area contributed by atoms with Crippen LogP contribution in [-0.2, 0) is 0 Å². The third-order valence-electron chi connectivity index (χ3n) is 4.28. The molecule has 29 heavy (non-hydrogen) atoms. The highest BCUT2D eigenvalue weighted by Gasteiger charge is 2.25. The van der Waals surface area contributed by atoms with Crippen LogP contribution < -0.4 is 26.8 Å². The molecule has 0 saturated heterocycles. The zero-order valence-corrected chi connectivity index (χ0v) is 16.7. The summed E-state index contributed by atoms with van der Waals surface area (Å²) in [6.45, 7) is 4.58. The van der Waals surface area contributed by atoms with E-state index in [1.54, 1.807) is 24.3 Å². The minimum absolute atomic E-state index is 0.161. The molecule has 0 atom stereocenters. The monoisotopic (exact) mass is 413 g/mol. The Balaban J connectivity index is 1.59. The quantitative estimate of drug-likeness (QED) is 0.486. The van der Waals surface area contributed by atoms with Gasteiger partial charge in [-0.3, -0.25) is 19.4 Å². The van der Waals surface area contributed by atoms with Gasteiger partial charge < -0.3 is 16.0 Å². The second kappa shape index (κ2) is 8.40. The maximum absolute atomic E-state index is 12.3. The highest BCUT2D eigenvalue weighted by molar-refractivity contribution is 6.30. The third kappa shape index (κ3) is 4.97. The van der Waals surface area contributed by atoms with E-state index in [-0.39, 0.29) is 17.3 Å². The Labute approximate surface area is 172 Å². The van der Waals surface area contributed by atoms with Crippen LogP contribution in [0.4, 0.5) is 17.2 Å². The van der Waals surface area contributed by atoms with Gasteiger partial charge in [-0.15, -0.1) is 0 Å². The number of nitrogens with one attached hydrogen (secondary N) is 3. The Morgan fingerprint density at radius 2 is 1.86 bits per heavy atom. The van der Waals surface area contributed by atoms with E-state index in [0.29, 0.717) is 29.5 Å². The first-order valence-electron chi connectivity index (χ1n) is 8.91. The first-order valence-corrected chi connectivity index (χ1v) is 9.29. The number of hydrogen-bond acceptors (Lipinski definition) is 7. The van der Waals surface area contributed by atoms with E-state index in [1.165, 1.54) is 18.6 Å². The predicted molar refractivity (Wildman–Crippen MR) is 113 cm³/mol. The van der Waals surface area contributed by atoms with Gasteiger partial charge in [-0.2, -0.15) is 0 Å². The predicted octanol–water partition coefficient (Wildman–Crippen LogP) is 2.34. The van der Waals surface area contributed by atoms with E-state index >= 15 is 0 Å². The van der Waals surface area contributed by atoms with Crippen molar-refractivity contribution in [2.45, 2.75) is 13.8 Å². The lowest BCUT2D eigenvalue weighted by Crippen LogP contribution is -2.42. The van der Waals surface area contributed by atoms with Crippen molar-refractivity contribution in [2.75, 3.05) is 23.7 Å². The van der Waals surface area contributed by atoms with Crippen LogP contribution >= 0.6 is 11.6 Å². The number of benzene rings is 1. The van der Waals surface area contributed by atoms with Gasteiger partial charge in [-0.05, 0) is 23.6 Å². The molecule has 0 unspecified atom stereocenters. The second-order valence-corrected chi connectivity index (χ2v) is 7.77. The first kappa shape index (κ1) is 20.5. The normalized spacial score (nSPS) is 11.3. The molecule has 0 radical (unpaired) electrons. The summed E-state index contributed by atoms with van der Waals surface area (Å²) in [6.07, 6.45) is 4.44. The van der Waals surface area contributed by atoms with Crippen molar-refractivity contribution in [3.63, 3.8) is 0 Å². The zero-order valence-electron chi connectivity index (χ0n) is 16.0. The molecule has 0 fully saturated rings. The van der Waals surface area contributed by atoms with Gasteiger partial charge in [0.25, 0.3) is 16.8 Å². The fourth-order valence-electron chi connectivity index (χ4n) is 2.61. The summed E-state index contributed by atoms with van der Waals surface area (Å²) in [7, 11) is 0. The van der Waals surface area contributed by atoms with Crippen molar-refractivity contribution in [2.24, 2.45) is 5.41 Å². The molecule has 1 aromatic heterocycles. The number of rotatable bonds is 8. The number of nitrogens with zero attached hydrogens (tertiary/aromatic N) is 2. The van der Waals surface area contributed by atoms with Gasteiger partial charge >= 0.3 is 0 Å². The molecule has 3 rings (SSSR count). The van der Waals surface area contributed by atoms with Crippen molar-refractivity contribution >= 4 is 34.7 Å². The highest BCUT2D eigenvalue weighted by atomic mass is 35.5. The fraction of sp³-hybridized carbons (Fsp3) is 0.250. The summed E-state index contributed by atoms with van der Waals surface area (Å²) in [4.78, 5) is 44.0.